The molecular weight excluding hydrogens is 236 g/mol. The fourth-order valence-electron chi connectivity index (χ4n) is 2.71. The van der Waals surface area contributed by atoms with E-state index in [1.807, 2.05) is 0 Å². The van der Waals surface area contributed by atoms with Crippen molar-refractivity contribution in [3.8, 4) is 0 Å². The lowest BCUT2D eigenvalue weighted by atomic mass is 9.95. The zero-order valence-corrected chi connectivity index (χ0v) is 12.1. The largest absolute Gasteiger partial charge is 0.381 e. The molecule has 2 unspecified atom stereocenters. The molecule has 106 valence electrons. The molecule has 0 spiro atoms. The van der Waals surface area contributed by atoms with E-state index >= 15 is 0 Å². The second-order valence-corrected chi connectivity index (χ2v) is 5.40. The van der Waals surface area contributed by atoms with Crippen molar-refractivity contribution in [3.05, 3.63) is 30.3 Å². The highest BCUT2D eigenvalue weighted by Gasteiger charge is 2.26. The second kappa shape index (κ2) is 7.51. The second-order valence-electron chi connectivity index (χ2n) is 5.40. The minimum atomic E-state index is 0.575. The number of anilines is 1. The summed E-state index contributed by atoms with van der Waals surface area (Å²) in [5.41, 5.74) is 1.28. The number of hydrogen-bond donors (Lipinski definition) is 1. The summed E-state index contributed by atoms with van der Waals surface area (Å²) in [5, 5.41) is 3.67. The molecule has 19 heavy (non-hydrogen) atoms. The Morgan fingerprint density at radius 2 is 2.11 bits per heavy atom. The zero-order valence-electron chi connectivity index (χ0n) is 12.1. The van der Waals surface area contributed by atoms with Crippen LogP contribution in [0.5, 0.6) is 0 Å². The van der Waals surface area contributed by atoms with Crippen molar-refractivity contribution in [1.82, 2.24) is 5.32 Å². The minimum absolute atomic E-state index is 0.575. The predicted octanol–water partition coefficient (Wildman–Crippen LogP) is 2.53. The van der Waals surface area contributed by atoms with Crippen LogP contribution in [0.1, 0.15) is 19.8 Å². The third-order valence-electron chi connectivity index (χ3n) is 3.84. The minimum Gasteiger partial charge on any atom is -0.381 e. The van der Waals surface area contributed by atoms with Crippen molar-refractivity contribution in [1.29, 1.82) is 0 Å². The van der Waals surface area contributed by atoms with E-state index in [0.717, 1.165) is 32.7 Å². The van der Waals surface area contributed by atoms with Crippen LogP contribution in [0, 0.1) is 5.92 Å². The summed E-state index contributed by atoms with van der Waals surface area (Å²) in [7, 11) is 2.17. The fraction of sp³-hybridized carbons (Fsp3) is 0.625. The number of rotatable bonds is 6. The Morgan fingerprint density at radius 3 is 2.84 bits per heavy atom. The van der Waals surface area contributed by atoms with Crippen LogP contribution >= 0.6 is 0 Å². The lowest BCUT2D eigenvalue weighted by Gasteiger charge is -2.35. The molecule has 2 atom stereocenters. The molecule has 2 rings (SSSR count). The van der Waals surface area contributed by atoms with Crippen LogP contribution in [0.3, 0.4) is 0 Å². The predicted molar refractivity (Wildman–Crippen MR) is 80.7 cm³/mol. The summed E-state index contributed by atoms with van der Waals surface area (Å²) in [6.07, 6.45) is 2.33. The van der Waals surface area contributed by atoms with Gasteiger partial charge in [-0.05, 0) is 31.5 Å². The Balaban J connectivity index is 1.91. The topological polar surface area (TPSA) is 24.5 Å². The lowest BCUT2D eigenvalue weighted by Crippen LogP contribution is -2.47. The standard InChI is InChI=1S/C16H26N2O/c1-3-10-17-16-9-11-19-13-14(16)12-18(2)15-7-5-4-6-8-15/h4-8,14,16-17H,3,9-13H2,1-2H3. The van der Waals surface area contributed by atoms with Gasteiger partial charge in [0, 0.05) is 37.8 Å². The molecule has 1 fully saturated rings. The maximum Gasteiger partial charge on any atom is 0.0526 e. The Hall–Kier alpha value is -1.06. The van der Waals surface area contributed by atoms with Crippen molar-refractivity contribution >= 4 is 5.69 Å². The van der Waals surface area contributed by atoms with Crippen molar-refractivity contribution in [2.75, 3.05) is 38.3 Å². The quantitative estimate of drug-likeness (QED) is 0.852. The van der Waals surface area contributed by atoms with Gasteiger partial charge in [0.25, 0.3) is 0 Å². The summed E-state index contributed by atoms with van der Waals surface area (Å²) < 4.78 is 5.66. The van der Waals surface area contributed by atoms with E-state index in [9.17, 15) is 0 Å². The van der Waals surface area contributed by atoms with Crippen molar-refractivity contribution in [3.63, 3.8) is 0 Å². The first-order valence-corrected chi connectivity index (χ1v) is 7.38. The summed E-state index contributed by atoms with van der Waals surface area (Å²) in [5.74, 6) is 0.575. The molecule has 1 aliphatic heterocycles. The van der Waals surface area contributed by atoms with Gasteiger partial charge in [0.1, 0.15) is 0 Å². The van der Waals surface area contributed by atoms with Gasteiger partial charge in [0.05, 0.1) is 6.61 Å². The van der Waals surface area contributed by atoms with Gasteiger partial charge in [0.15, 0.2) is 0 Å². The van der Waals surface area contributed by atoms with Gasteiger partial charge in [-0.2, -0.15) is 0 Å². The molecule has 1 N–H and O–H groups in total. The Kier molecular flexibility index (Phi) is 5.67. The van der Waals surface area contributed by atoms with Crippen LogP contribution in [0.4, 0.5) is 5.69 Å². The molecule has 1 heterocycles. The first-order chi connectivity index (χ1) is 9.31. The summed E-state index contributed by atoms with van der Waals surface area (Å²) in [4.78, 5) is 2.33. The molecule has 3 nitrogen and oxygen atoms in total. The number of nitrogens with zero attached hydrogens (tertiary/aromatic N) is 1. The Bertz CT molecular complexity index is 355. The monoisotopic (exact) mass is 262 g/mol. The molecule has 0 radical (unpaired) electrons. The van der Waals surface area contributed by atoms with Crippen LogP contribution in [-0.4, -0.2) is 39.4 Å². The van der Waals surface area contributed by atoms with Gasteiger partial charge in [-0.3, -0.25) is 0 Å². The summed E-state index contributed by atoms with van der Waals surface area (Å²) in [6.45, 7) is 6.14. The van der Waals surface area contributed by atoms with E-state index in [1.165, 1.54) is 12.1 Å². The van der Waals surface area contributed by atoms with E-state index in [1.54, 1.807) is 0 Å². The van der Waals surface area contributed by atoms with Gasteiger partial charge in [-0.15, -0.1) is 0 Å². The summed E-state index contributed by atoms with van der Waals surface area (Å²) in [6, 6.07) is 11.2. The van der Waals surface area contributed by atoms with E-state index in [2.05, 4.69) is 54.5 Å². The van der Waals surface area contributed by atoms with Crippen LogP contribution in [0.15, 0.2) is 30.3 Å². The first-order valence-electron chi connectivity index (χ1n) is 7.38. The molecule has 1 aliphatic rings. The Morgan fingerprint density at radius 1 is 1.32 bits per heavy atom. The molecule has 0 bridgehead atoms. The average molecular weight is 262 g/mol. The van der Waals surface area contributed by atoms with Gasteiger partial charge in [-0.25, -0.2) is 0 Å². The average Bonchev–Trinajstić information content (AvgIpc) is 2.47. The van der Waals surface area contributed by atoms with E-state index < -0.39 is 0 Å². The molecule has 3 heteroatoms. The number of benzene rings is 1. The smallest absolute Gasteiger partial charge is 0.0526 e. The van der Waals surface area contributed by atoms with Gasteiger partial charge < -0.3 is 15.0 Å². The third-order valence-corrected chi connectivity index (χ3v) is 3.84. The van der Waals surface area contributed by atoms with Crippen LogP contribution in [-0.2, 0) is 4.74 Å². The number of para-hydroxylation sites is 1. The zero-order chi connectivity index (χ0) is 13.5. The maximum absolute atomic E-state index is 5.66. The molecule has 0 aromatic heterocycles. The lowest BCUT2D eigenvalue weighted by molar-refractivity contribution is 0.0351. The fourth-order valence-corrected chi connectivity index (χ4v) is 2.71. The highest BCUT2D eigenvalue weighted by molar-refractivity contribution is 5.45. The third kappa shape index (κ3) is 4.22. The molecule has 0 amide bonds. The highest BCUT2D eigenvalue weighted by atomic mass is 16.5. The molecule has 1 saturated heterocycles. The van der Waals surface area contributed by atoms with E-state index in [-0.39, 0.29) is 0 Å². The summed E-state index contributed by atoms with van der Waals surface area (Å²) >= 11 is 0. The molecule has 1 aromatic rings. The van der Waals surface area contributed by atoms with Crippen LogP contribution in [0.25, 0.3) is 0 Å². The van der Waals surface area contributed by atoms with Crippen molar-refractivity contribution < 1.29 is 4.74 Å². The van der Waals surface area contributed by atoms with Gasteiger partial charge in [-0.1, -0.05) is 25.1 Å². The molecule has 1 aromatic carbocycles. The Labute approximate surface area is 116 Å². The van der Waals surface area contributed by atoms with Crippen molar-refractivity contribution in [2.45, 2.75) is 25.8 Å². The molecule has 0 aliphatic carbocycles. The first kappa shape index (κ1) is 14.4. The van der Waals surface area contributed by atoms with E-state index in [4.69, 9.17) is 4.74 Å². The van der Waals surface area contributed by atoms with E-state index in [0.29, 0.717) is 12.0 Å². The van der Waals surface area contributed by atoms with Crippen molar-refractivity contribution in [2.24, 2.45) is 5.92 Å². The number of nitrogens with one attached hydrogen (secondary N) is 1. The normalized spacial score (nSPS) is 23.3. The SMILES string of the molecule is CCCNC1CCOCC1CN(C)c1ccccc1. The van der Waals surface area contributed by atoms with Crippen LogP contribution in [0.2, 0.25) is 0 Å². The molecule has 0 saturated carbocycles. The highest BCUT2D eigenvalue weighted by Crippen LogP contribution is 2.19. The number of ether oxygens (including phenoxy) is 1. The van der Waals surface area contributed by atoms with Crippen LogP contribution < -0.4 is 10.2 Å². The number of hydrogen-bond acceptors (Lipinski definition) is 3. The molecular formula is C16H26N2O. The van der Waals surface area contributed by atoms with Gasteiger partial charge in [0.2, 0.25) is 0 Å². The maximum atomic E-state index is 5.66. The van der Waals surface area contributed by atoms with Gasteiger partial charge >= 0.3 is 0 Å².